The maximum Gasteiger partial charge on any atom is 0.0323 e. The molecule has 17 heavy (non-hydrogen) atoms. The summed E-state index contributed by atoms with van der Waals surface area (Å²) in [4.78, 5) is 0. The third kappa shape index (κ3) is 4.74. The molecule has 1 aromatic carbocycles. The highest BCUT2D eigenvalue weighted by molar-refractivity contribution is 5.30. The van der Waals surface area contributed by atoms with Gasteiger partial charge in [0.1, 0.15) is 0 Å². The SMILES string of the molecule is C=C(C)CCC(NCC)c1cc(C)cc(C)c1. The van der Waals surface area contributed by atoms with Gasteiger partial charge in [-0.2, -0.15) is 0 Å². The van der Waals surface area contributed by atoms with Crippen LogP contribution in [-0.2, 0) is 0 Å². The lowest BCUT2D eigenvalue weighted by molar-refractivity contribution is 0.514. The average molecular weight is 231 g/mol. The van der Waals surface area contributed by atoms with Crippen LogP contribution in [0.1, 0.15) is 49.4 Å². The van der Waals surface area contributed by atoms with Gasteiger partial charge in [0.2, 0.25) is 0 Å². The van der Waals surface area contributed by atoms with E-state index in [4.69, 9.17) is 0 Å². The molecule has 0 saturated heterocycles. The molecule has 0 aliphatic rings. The van der Waals surface area contributed by atoms with E-state index in [1.54, 1.807) is 0 Å². The fourth-order valence-corrected chi connectivity index (χ4v) is 2.23. The van der Waals surface area contributed by atoms with Crippen molar-refractivity contribution in [2.24, 2.45) is 0 Å². The van der Waals surface area contributed by atoms with E-state index >= 15 is 0 Å². The number of benzene rings is 1. The van der Waals surface area contributed by atoms with Gasteiger partial charge in [-0.3, -0.25) is 0 Å². The second-order valence-electron chi connectivity index (χ2n) is 5.03. The normalized spacial score (nSPS) is 12.5. The van der Waals surface area contributed by atoms with Crippen molar-refractivity contribution in [1.29, 1.82) is 0 Å². The fourth-order valence-electron chi connectivity index (χ4n) is 2.23. The van der Waals surface area contributed by atoms with Gasteiger partial charge in [-0.25, -0.2) is 0 Å². The summed E-state index contributed by atoms with van der Waals surface area (Å²) in [5.74, 6) is 0. The summed E-state index contributed by atoms with van der Waals surface area (Å²) in [5, 5.41) is 3.57. The minimum Gasteiger partial charge on any atom is -0.310 e. The van der Waals surface area contributed by atoms with Crippen LogP contribution in [0.3, 0.4) is 0 Å². The molecular weight excluding hydrogens is 206 g/mol. The molecule has 1 N–H and O–H groups in total. The van der Waals surface area contributed by atoms with Gasteiger partial charge in [-0.05, 0) is 45.7 Å². The molecule has 0 amide bonds. The molecule has 0 spiro atoms. The van der Waals surface area contributed by atoms with Gasteiger partial charge in [0.15, 0.2) is 0 Å². The third-order valence-electron chi connectivity index (χ3n) is 2.96. The molecule has 0 aromatic heterocycles. The Bertz CT molecular complexity index is 359. The van der Waals surface area contributed by atoms with Gasteiger partial charge in [-0.1, -0.05) is 41.8 Å². The van der Waals surface area contributed by atoms with E-state index in [1.807, 2.05) is 0 Å². The highest BCUT2D eigenvalue weighted by atomic mass is 14.9. The number of allylic oxidation sites excluding steroid dienone is 1. The Morgan fingerprint density at radius 1 is 1.24 bits per heavy atom. The third-order valence-corrected chi connectivity index (χ3v) is 2.96. The van der Waals surface area contributed by atoms with Crippen molar-refractivity contribution in [3.63, 3.8) is 0 Å². The molecule has 1 nitrogen and oxygen atoms in total. The van der Waals surface area contributed by atoms with Gasteiger partial charge >= 0.3 is 0 Å². The molecule has 0 aliphatic carbocycles. The van der Waals surface area contributed by atoms with Crippen LogP contribution in [0.25, 0.3) is 0 Å². The highest BCUT2D eigenvalue weighted by Crippen LogP contribution is 2.22. The molecule has 0 bridgehead atoms. The number of hydrogen-bond donors (Lipinski definition) is 1. The Morgan fingerprint density at radius 2 is 1.82 bits per heavy atom. The van der Waals surface area contributed by atoms with E-state index in [0.29, 0.717) is 6.04 Å². The van der Waals surface area contributed by atoms with Crippen LogP contribution in [0.5, 0.6) is 0 Å². The first-order valence-electron chi connectivity index (χ1n) is 6.49. The van der Waals surface area contributed by atoms with E-state index in [9.17, 15) is 0 Å². The molecule has 94 valence electrons. The minimum atomic E-state index is 0.454. The van der Waals surface area contributed by atoms with Crippen molar-refractivity contribution in [1.82, 2.24) is 5.32 Å². The van der Waals surface area contributed by atoms with Crippen LogP contribution < -0.4 is 5.32 Å². The molecule has 0 fully saturated rings. The Morgan fingerprint density at radius 3 is 2.29 bits per heavy atom. The Balaban J connectivity index is 2.84. The number of hydrogen-bond acceptors (Lipinski definition) is 1. The lowest BCUT2D eigenvalue weighted by atomic mass is 9.96. The molecule has 1 rings (SSSR count). The van der Waals surface area contributed by atoms with Crippen LogP contribution in [0.4, 0.5) is 0 Å². The van der Waals surface area contributed by atoms with E-state index in [2.05, 4.69) is 57.8 Å². The maximum atomic E-state index is 3.99. The first-order chi connectivity index (χ1) is 8.02. The molecule has 0 aliphatic heterocycles. The fraction of sp³-hybridized carbons (Fsp3) is 0.500. The summed E-state index contributed by atoms with van der Waals surface area (Å²) in [6.45, 7) is 13.6. The lowest BCUT2D eigenvalue weighted by Gasteiger charge is -2.19. The summed E-state index contributed by atoms with van der Waals surface area (Å²) < 4.78 is 0. The first kappa shape index (κ1) is 14.0. The molecule has 1 aromatic rings. The number of rotatable bonds is 6. The molecule has 0 radical (unpaired) electrons. The molecule has 0 heterocycles. The Hall–Kier alpha value is -1.08. The van der Waals surface area contributed by atoms with Gasteiger partial charge in [0, 0.05) is 6.04 Å². The van der Waals surface area contributed by atoms with Gasteiger partial charge in [-0.15, -0.1) is 6.58 Å². The zero-order chi connectivity index (χ0) is 12.8. The predicted octanol–water partition coefficient (Wildman–Crippen LogP) is 4.31. The highest BCUT2D eigenvalue weighted by Gasteiger charge is 2.10. The van der Waals surface area contributed by atoms with Crippen molar-refractivity contribution in [2.75, 3.05) is 6.54 Å². The second kappa shape index (κ2) is 6.61. The summed E-state index contributed by atoms with van der Waals surface area (Å²) in [6, 6.07) is 7.26. The maximum absolute atomic E-state index is 3.99. The van der Waals surface area contributed by atoms with Crippen LogP contribution in [0, 0.1) is 13.8 Å². The monoisotopic (exact) mass is 231 g/mol. The van der Waals surface area contributed by atoms with E-state index in [-0.39, 0.29) is 0 Å². The largest absolute Gasteiger partial charge is 0.310 e. The Kier molecular flexibility index (Phi) is 5.43. The molecular formula is C16H25N. The molecule has 1 unspecified atom stereocenters. The van der Waals surface area contributed by atoms with E-state index in [0.717, 1.165) is 19.4 Å². The summed E-state index contributed by atoms with van der Waals surface area (Å²) in [7, 11) is 0. The van der Waals surface area contributed by atoms with Crippen molar-refractivity contribution < 1.29 is 0 Å². The summed E-state index contributed by atoms with van der Waals surface area (Å²) in [6.07, 6.45) is 2.22. The average Bonchev–Trinajstić information content (AvgIpc) is 2.22. The Labute approximate surface area is 106 Å². The van der Waals surface area contributed by atoms with Gasteiger partial charge in [0.05, 0.1) is 0 Å². The van der Waals surface area contributed by atoms with E-state index < -0.39 is 0 Å². The molecule has 1 atom stereocenters. The summed E-state index contributed by atoms with van der Waals surface area (Å²) >= 11 is 0. The zero-order valence-electron chi connectivity index (χ0n) is 11.6. The van der Waals surface area contributed by atoms with Crippen LogP contribution >= 0.6 is 0 Å². The van der Waals surface area contributed by atoms with Crippen LogP contribution in [-0.4, -0.2) is 6.54 Å². The quantitative estimate of drug-likeness (QED) is 0.719. The zero-order valence-corrected chi connectivity index (χ0v) is 11.6. The van der Waals surface area contributed by atoms with Crippen molar-refractivity contribution in [2.45, 2.75) is 46.6 Å². The van der Waals surface area contributed by atoms with Crippen LogP contribution in [0.2, 0.25) is 0 Å². The number of nitrogens with one attached hydrogen (secondary N) is 1. The van der Waals surface area contributed by atoms with Crippen molar-refractivity contribution in [3.8, 4) is 0 Å². The number of aryl methyl sites for hydroxylation is 2. The van der Waals surface area contributed by atoms with E-state index in [1.165, 1.54) is 22.3 Å². The summed E-state index contributed by atoms with van der Waals surface area (Å²) in [5.41, 5.74) is 5.36. The topological polar surface area (TPSA) is 12.0 Å². The standard InChI is InChI=1S/C16H25N/c1-6-17-16(8-7-12(2)3)15-10-13(4)9-14(5)11-15/h9-11,16-17H,2,6-8H2,1,3-5H3. The van der Waals surface area contributed by atoms with Gasteiger partial charge in [0.25, 0.3) is 0 Å². The minimum absolute atomic E-state index is 0.454. The van der Waals surface area contributed by atoms with Crippen LogP contribution in [0.15, 0.2) is 30.4 Å². The van der Waals surface area contributed by atoms with Gasteiger partial charge < -0.3 is 5.32 Å². The molecule has 1 heteroatoms. The van der Waals surface area contributed by atoms with Crippen molar-refractivity contribution >= 4 is 0 Å². The first-order valence-corrected chi connectivity index (χ1v) is 6.49. The predicted molar refractivity (Wildman–Crippen MR) is 76.4 cm³/mol. The lowest BCUT2D eigenvalue weighted by Crippen LogP contribution is -2.21. The second-order valence-corrected chi connectivity index (χ2v) is 5.03. The molecule has 0 saturated carbocycles. The smallest absolute Gasteiger partial charge is 0.0323 e. The van der Waals surface area contributed by atoms with Crippen molar-refractivity contribution in [3.05, 3.63) is 47.0 Å².